The molecule has 24 heavy (non-hydrogen) atoms. The Morgan fingerprint density at radius 1 is 1.04 bits per heavy atom. The fourth-order valence-corrected chi connectivity index (χ4v) is 3.31. The standard InChI is InChI=1S/C19H17NO3S/c1-3-23-19(21)16-17(13-7-5-4-6-8-13)20-24-18(16)14-9-11-15(22-2)12-10-14/h4-12H,3H2,1-2H3. The van der Waals surface area contributed by atoms with E-state index in [0.717, 1.165) is 21.8 Å². The van der Waals surface area contributed by atoms with Gasteiger partial charge in [0.25, 0.3) is 0 Å². The molecule has 0 amide bonds. The van der Waals surface area contributed by atoms with Crippen molar-refractivity contribution in [1.29, 1.82) is 0 Å². The highest BCUT2D eigenvalue weighted by Crippen LogP contribution is 2.36. The van der Waals surface area contributed by atoms with Gasteiger partial charge in [0, 0.05) is 5.56 Å². The van der Waals surface area contributed by atoms with Crippen molar-refractivity contribution in [2.75, 3.05) is 13.7 Å². The molecule has 0 saturated carbocycles. The molecule has 0 unspecified atom stereocenters. The Morgan fingerprint density at radius 3 is 2.38 bits per heavy atom. The van der Waals surface area contributed by atoms with Crippen molar-refractivity contribution in [2.45, 2.75) is 6.92 Å². The lowest BCUT2D eigenvalue weighted by atomic mass is 10.0. The first kappa shape index (κ1) is 16.2. The maximum Gasteiger partial charge on any atom is 0.341 e. The second-order valence-electron chi connectivity index (χ2n) is 5.05. The highest BCUT2D eigenvalue weighted by molar-refractivity contribution is 7.10. The molecule has 5 heteroatoms. The second kappa shape index (κ2) is 7.27. The van der Waals surface area contributed by atoms with E-state index in [1.54, 1.807) is 14.0 Å². The van der Waals surface area contributed by atoms with E-state index in [2.05, 4.69) is 4.37 Å². The smallest absolute Gasteiger partial charge is 0.341 e. The molecule has 0 aliphatic rings. The van der Waals surface area contributed by atoms with Crippen LogP contribution in [0.4, 0.5) is 0 Å². The van der Waals surface area contributed by atoms with Gasteiger partial charge >= 0.3 is 5.97 Å². The molecule has 0 fully saturated rings. The van der Waals surface area contributed by atoms with E-state index >= 15 is 0 Å². The minimum Gasteiger partial charge on any atom is -0.497 e. The van der Waals surface area contributed by atoms with Crippen LogP contribution >= 0.6 is 11.5 Å². The van der Waals surface area contributed by atoms with Crippen LogP contribution in [0.2, 0.25) is 0 Å². The Labute approximate surface area is 144 Å². The summed E-state index contributed by atoms with van der Waals surface area (Å²) in [4.78, 5) is 13.3. The van der Waals surface area contributed by atoms with E-state index in [1.807, 2.05) is 54.6 Å². The van der Waals surface area contributed by atoms with Crippen LogP contribution in [0.25, 0.3) is 21.7 Å². The lowest BCUT2D eigenvalue weighted by Crippen LogP contribution is -2.06. The summed E-state index contributed by atoms with van der Waals surface area (Å²) in [7, 11) is 1.62. The van der Waals surface area contributed by atoms with E-state index in [4.69, 9.17) is 9.47 Å². The number of carbonyl (C=O) groups excluding carboxylic acids is 1. The molecule has 0 saturated heterocycles. The predicted octanol–water partition coefficient (Wildman–Crippen LogP) is 4.66. The summed E-state index contributed by atoms with van der Waals surface area (Å²) >= 11 is 1.30. The average Bonchev–Trinajstić information content (AvgIpc) is 3.08. The van der Waals surface area contributed by atoms with Crippen molar-refractivity contribution in [3.8, 4) is 27.4 Å². The van der Waals surface area contributed by atoms with Crippen LogP contribution in [0.1, 0.15) is 17.3 Å². The summed E-state index contributed by atoms with van der Waals surface area (Å²) in [5.74, 6) is 0.417. The van der Waals surface area contributed by atoms with Crippen molar-refractivity contribution in [3.63, 3.8) is 0 Å². The maximum absolute atomic E-state index is 12.5. The molecule has 0 aliphatic carbocycles. The van der Waals surface area contributed by atoms with Crippen LogP contribution in [0.3, 0.4) is 0 Å². The van der Waals surface area contributed by atoms with Gasteiger partial charge in [0.1, 0.15) is 11.3 Å². The highest BCUT2D eigenvalue weighted by atomic mass is 32.1. The molecule has 1 heterocycles. The van der Waals surface area contributed by atoms with Crippen LogP contribution in [-0.2, 0) is 4.74 Å². The van der Waals surface area contributed by atoms with Gasteiger partial charge in [-0.3, -0.25) is 0 Å². The Kier molecular flexibility index (Phi) is 4.91. The fourth-order valence-electron chi connectivity index (χ4n) is 2.42. The average molecular weight is 339 g/mol. The number of hydrogen-bond donors (Lipinski definition) is 0. The van der Waals surface area contributed by atoms with Crippen molar-refractivity contribution in [3.05, 3.63) is 60.2 Å². The zero-order valence-electron chi connectivity index (χ0n) is 13.5. The molecule has 3 rings (SSSR count). The van der Waals surface area contributed by atoms with Gasteiger partial charge in [0.15, 0.2) is 0 Å². The van der Waals surface area contributed by atoms with Crippen LogP contribution in [-0.4, -0.2) is 24.1 Å². The Hall–Kier alpha value is -2.66. The van der Waals surface area contributed by atoms with Crippen molar-refractivity contribution < 1.29 is 14.3 Å². The number of esters is 1. The highest BCUT2D eigenvalue weighted by Gasteiger charge is 2.24. The van der Waals surface area contributed by atoms with Gasteiger partial charge in [0.2, 0.25) is 0 Å². The molecule has 1 aromatic heterocycles. The van der Waals surface area contributed by atoms with Crippen molar-refractivity contribution in [1.82, 2.24) is 4.37 Å². The van der Waals surface area contributed by atoms with E-state index < -0.39 is 0 Å². The summed E-state index contributed by atoms with van der Waals surface area (Å²) < 4.78 is 15.0. The SMILES string of the molecule is CCOC(=O)c1c(-c2ccccc2)nsc1-c1ccc(OC)cc1. The number of nitrogens with zero attached hydrogens (tertiary/aromatic N) is 1. The number of ether oxygens (including phenoxy) is 2. The number of carbonyl (C=O) groups is 1. The van der Waals surface area contributed by atoms with Crippen LogP contribution in [0.15, 0.2) is 54.6 Å². The second-order valence-corrected chi connectivity index (χ2v) is 5.82. The van der Waals surface area contributed by atoms with E-state index in [0.29, 0.717) is 17.9 Å². The summed E-state index contributed by atoms with van der Waals surface area (Å²) in [5.41, 5.74) is 2.98. The first-order chi connectivity index (χ1) is 11.7. The third kappa shape index (κ3) is 3.16. The van der Waals surface area contributed by atoms with Gasteiger partial charge in [-0.1, -0.05) is 30.3 Å². The first-order valence-corrected chi connectivity index (χ1v) is 8.38. The summed E-state index contributed by atoms with van der Waals surface area (Å²) in [6, 6.07) is 17.2. The molecular formula is C19H17NO3S. The normalized spacial score (nSPS) is 10.4. The zero-order chi connectivity index (χ0) is 16.9. The minimum atomic E-state index is -0.351. The Bertz CT molecular complexity index is 826. The molecule has 0 atom stereocenters. The van der Waals surface area contributed by atoms with Gasteiger partial charge in [-0.15, -0.1) is 0 Å². The Morgan fingerprint density at radius 2 is 1.75 bits per heavy atom. The topological polar surface area (TPSA) is 48.4 Å². The summed E-state index contributed by atoms with van der Waals surface area (Å²) in [6.45, 7) is 2.12. The number of rotatable bonds is 5. The first-order valence-electron chi connectivity index (χ1n) is 7.61. The molecular weight excluding hydrogens is 322 g/mol. The van der Waals surface area contributed by atoms with Crippen LogP contribution in [0, 0.1) is 0 Å². The van der Waals surface area contributed by atoms with Crippen molar-refractivity contribution >= 4 is 17.5 Å². The maximum atomic E-state index is 12.5. The molecule has 2 aromatic carbocycles. The molecule has 0 aliphatic heterocycles. The number of hydrogen-bond acceptors (Lipinski definition) is 5. The number of methoxy groups -OCH3 is 1. The molecule has 0 radical (unpaired) electrons. The largest absolute Gasteiger partial charge is 0.497 e. The lowest BCUT2D eigenvalue weighted by Gasteiger charge is -2.07. The predicted molar refractivity (Wildman–Crippen MR) is 95.5 cm³/mol. The van der Waals surface area contributed by atoms with Gasteiger partial charge in [-0.25, -0.2) is 4.79 Å². The number of benzene rings is 2. The van der Waals surface area contributed by atoms with Crippen LogP contribution in [0.5, 0.6) is 5.75 Å². The molecule has 0 spiro atoms. The molecule has 0 N–H and O–H groups in total. The molecule has 3 aromatic rings. The van der Waals surface area contributed by atoms with Crippen molar-refractivity contribution in [2.24, 2.45) is 0 Å². The van der Waals surface area contributed by atoms with Gasteiger partial charge in [-0.05, 0) is 48.3 Å². The molecule has 122 valence electrons. The quantitative estimate of drug-likeness (QED) is 0.634. The van der Waals surface area contributed by atoms with E-state index in [-0.39, 0.29) is 5.97 Å². The van der Waals surface area contributed by atoms with E-state index in [9.17, 15) is 4.79 Å². The summed E-state index contributed by atoms with van der Waals surface area (Å²) in [5, 5.41) is 0. The van der Waals surface area contributed by atoms with Gasteiger partial charge in [-0.2, -0.15) is 4.37 Å². The molecule has 0 bridgehead atoms. The van der Waals surface area contributed by atoms with Gasteiger partial charge in [0.05, 0.1) is 24.3 Å². The minimum absolute atomic E-state index is 0.324. The lowest BCUT2D eigenvalue weighted by molar-refractivity contribution is 0.0528. The van der Waals surface area contributed by atoms with Crippen LogP contribution < -0.4 is 4.74 Å². The third-order valence-electron chi connectivity index (χ3n) is 3.57. The van der Waals surface area contributed by atoms with E-state index in [1.165, 1.54) is 11.5 Å². The Balaban J connectivity index is 2.12. The third-order valence-corrected chi connectivity index (χ3v) is 4.47. The fraction of sp³-hybridized carbons (Fsp3) is 0.158. The molecule has 4 nitrogen and oxygen atoms in total. The summed E-state index contributed by atoms with van der Waals surface area (Å²) in [6.07, 6.45) is 0. The zero-order valence-corrected chi connectivity index (χ0v) is 14.3. The number of aromatic nitrogens is 1. The monoisotopic (exact) mass is 339 g/mol. The van der Waals surface area contributed by atoms with Gasteiger partial charge < -0.3 is 9.47 Å².